The van der Waals surface area contributed by atoms with Crippen LogP contribution in [0.15, 0.2) is 42.5 Å². The lowest BCUT2D eigenvalue weighted by molar-refractivity contribution is 0.0693. The minimum atomic E-state index is -0.314. The molecule has 0 saturated heterocycles. The number of nitrogens with zero attached hydrogens (tertiary/aromatic N) is 1. The Morgan fingerprint density at radius 2 is 2.04 bits per heavy atom. The molecule has 1 heterocycles. The predicted molar refractivity (Wildman–Crippen MR) is 110 cm³/mol. The second-order valence-electron chi connectivity index (χ2n) is 7.15. The molecule has 2 N–H and O–H groups in total. The van der Waals surface area contributed by atoms with Crippen LogP contribution in [-0.2, 0) is 6.42 Å². The second-order valence-corrected chi connectivity index (χ2v) is 7.56. The van der Waals surface area contributed by atoms with E-state index in [1.54, 1.807) is 7.11 Å². The first-order valence-electron chi connectivity index (χ1n) is 8.80. The number of hydrogen-bond donors (Lipinski definition) is 2. The van der Waals surface area contributed by atoms with Gasteiger partial charge < -0.3 is 20.1 Å². The van der Waals surface area contributed by atoms with Crippen molar-refractivity contribution < 1.29 is 9.47 Å². The van der Waals surface area contributed by atoms with Crippen LogP contribution in [0.5, 0.6) is 11.5 Å². The van der Waals surface area contributed by atoms with E-state index < -0.39 is 0 Å². The zero-order valence-electron chi connectivity index (χ0n) is 15.7. The lowest BCUT2D eigenvalue weighted by Crippen LogP contribution is -2.42. The number of methoxy groups -OCH3 is 1. The monoisotopic (exact) mass is 381 g/mol. The first-order valence-corrected chi connectivity index (χ1v) is 9.21. The van der Waals surface area contributed by atoms with Gasteiger partial charge in [-0.25, -0.2) is 0 Å². The van der Waals surface area contributed by atoms with E-state index >= 15 is 0 Å². The molecule has 0 aliphatic carbocycles. The lowest BCUT2D eigenvalue weighted by Gasteiger charge is -2.38. The molecule has 1 aliphatic heterocycles. The first kappa shape index (κ1) is 19.0. The number of nitrogens with one attached hydrogen (secondary N) is 2. The highest BCUT2D eigenvalue weighted by atomic mass is 32.1. The van der Waals surface area contributed by atoms with E-state index in [4.69, 9.17) is 27.0 Å². The van der Waals surface area contributed by atoms with E-state index in [1.807, 2.05) is 42.5 Å². The molecule has 27 heavy (non-hydrogen) atoms. The molecule has 1 atom stereocenters. The van der Waals surface area contributed by atoms with E-state index in [1.165, 1.54) is 0 Å². The number of benzene rings is 2. The average Bonchev–Trinajstić information content (AvgIpc) is 2.62. The Morgan fingerprint density at radius 1 is 1.30 bits per heavy atom. The molecule has 1 aliphatic rings. The summed E-state index contributed by atoms with van der Waals surface area (Å²) in [6.45, 7) is 4.13. The summed E-state index contributed by atoms with van der Waals surface area (Å²) < 4.78 is 11.4. The molecule has 2 aromatic carbocycles. The number of ether oxygens (including phenoxy) is 2. The third-order valence-corrected chi connectivity index (χ3v) is 4.70. The maximum absolute atomic E-state index is 8.76. The smallest absolute Gasteiger partial charge is 0.171 e. The average molecular weight is 382 g/mol. The SMILES string of the molecule is COc1ccc2c(c1)OC(C)(C)CC2NC(=S)Nc1ccc(CC#N)cc1. The molecule has 5 nitrogen and oxygen atoms in total. The Balaban J connectivity index is 1.73. The number of nitriles is 1. The molecule has 0 aromatic heterocycles. The molecule has 140 valence electrons. The molecule has 1 unspecified atom stereocenters. The van der Waals surface area contributed by atoms with Crippen molar-refractivity contribution in [1.82, 2.24) is 5.32 Å². The van der Waals surface area contributed by atoms with Crippen molar-refractivity contribution in [3.63, 3.8) is 0 Å². The molecular formula is C21H23N3O2S. The molecule has 2 aromatic rings. The van der Waals surface area contributed by atoms with E-state index in [2.05, 4.69) is 30.6 Å². The minimum absolute atomic E-state index is 0.0347. The van der Waals surface area contributed by atoms with Gasteiger partial charge in [-0.2, -0.15) is 5.26 Å². The van der Waals surface area contributed by atoms with Crippen molar-refractivity contribution in [1.29, 1.82) is 5.26 Å². The van der Waals surface area contributed by atoms with E-state index in [9.17, 15) is 0 Å². The molecule has 0 bridgehead atoms. The summed E-state index contributed by atoms with van der Waals surface area (Å²) in [5.74, 6) is 1.58. The summed E-state index contributed by atoms with van der Waals surface area (Å²) in [5, 5.41) is 15.9. The van der Waals surface area contributed by atoms with Crippen molar-refractivity contribution in [3.05, 3.63) is 53.6 Å². The Labute approximate surface area is 165 Å². The van der Waals surface area contributed by atoms with Crippen molar-refractivity contribution in [2.45, 2.75) is 38.3 Å². The number of anilines is 1. The van der Waals surface area contributed by atoms with Crippen LogP contribution in [0, 0.1) is 11.3 Å². The number of hydrogen-bond acceptors (Lipinski definition) is 4. The van der Waals surface area contributed by atoms with Crippen LogP contribution in [0.2, 0.25) is 0 Å². The lowest BCUT2D eigenvalue weighted by atomic mass is 9.89. The van der Waals surface area contributed by atoms with Gasteiger partial charge in [0, 0.05) is 23.7 Å². The summed E-state index contributed by atoms with van der Waals surface area (Å²) >= 11 is 5.51. The van der Waals surface area contributed by atoms with Gasteiger partial charge in [-0.3, -0.25) is 0 Å². The maximum atomic E-state index is 8.76. The molecule has 0 radical (unpaired) electrons. The van der Waals surface area contributed by atoms with Gasteiger partial charge in [0.1, 0.15) is 17.1 Å². The van der Waals surface area contributed by atoms with Crippen LogP contribution in [0.3, 0.4) is 0 Å². The van der Waals surface area contributed by atoms with Crippen LogP contribution >= 0.6 is 12.2 Å². The number of fused-ring (bicyclic) bond motifs is 1. The van der Waals surface area contributed by atoms with Crippen molar-refractivity contribution in [3.8, 4) is 17.6 Å². The maximum Gasteiger partial charge on any atom is 0.171 e. The van der Waals surface area contributed by atoms with Gasteiger partial charge in [0.2, 0.25) is 0 Å². The molecule has 0 fully saturated rings. The fourth-order valence-corrected chi connectivity index (χ4v) is 3.47. The Bertz CT molecular complexity index is 872. The summed E-state index contributed by atoms with van der Waals surface area (Å²) in [4.78, 5) is 0. The second kappa shape index (κ2) is 7.85. The largest absolute Gasteiger partial charge is 0.497 e. The normalized spacial score (nSPS) is 17.0. The van der Waals surface area contributed by atoms with Crippen LogP contribution in [0.25, 0.3) is 0 Å². The Morgan fingerprint density at radius 3 is 2.70 bits per heavy atom. The van der Waals surface area contributed by atoms with Crippen molar-refractivity contribution in [2.75, 3.05) is 12.4 Å². The Kier molecular flexibility index (Phi) is 5.52. The van der Waals surface area contributed by atoms with E-state index in [0.29, 0.717) is 11.5 Å². The van der Waals surface area contributed by atoms with E-state index in [-0.39, 0.29) is 11.6 Å². The number of thiocarbonyl (C=S) groups is 1. The third-order valence-electron chi connectivity index (χ3n) is 4.48. The number of rotatable bonds is 4. The molecular weight excluding hydrogens is 358 g/mol. The van der Waals surface area contributed by atoms with Crippen LogP contribution in [-0.4, -0.2) is 17.8 Å². The highest BCUT2D eigenvalue weighted by Gasteiger charge is 2.34. The molecule has 0 saturated carbocycles. The summed E-state index contributed by atoms with van der Waals surface area (Å²) in [5.41, 5.74) is 2.61. The fourth-order valence-electron chi connectivity index (χ4n) is 3.21. The standard InChI is InChI=1S/C21H23N3O2S/c1-21(2)13-18(17-9-8-16(25-3)12-19(17)26-21)24-20(27)23-15-6-4-14(5-7-15)10-11-22/h4-9,12,18H,10,13H2,1-3H3,(H2,23,24,27). The van der Waals surface area contributed by atoms with E-state index in [0.717, 1.165) is 34.7 Å². The molecule has 6 heteroatoms. The summed E-state index contributed by atoms with van der Waals surface area (Å²) in [6, 6.07) is 15.7. The molecule has 3 rings (SSSR count). The quantitative estimate of drug-likeness (QED) is 0.768. The summed E-state index contributed by atoms with van der Waals surface area (Å²) in [7, 11) is 1.65. The fraction of sp³-hybridized carbons (Fsp3) is 0.333. The van der Waals surface area contributed by atoms with Gasteiger partial charge >= 0.3 is 0 Å². The van der Waals surface area contributed by atoms with Crippen LogP contribution in [0.1, 0.15) is 37.4 Å². The van der Waals surface area contributed by atoms with Gasteiger partial charge in [-0.05, 0) is 55.9 Å². The molecule has 0 amide bonds. The highest BCUT2D eigenvalue weighted by molar-refractivity contribution is 7.80. The topological polar surface area (TPSA) is 66.3 Å². The van der Waals surface area contributed by atoms with Crippen LogP contribution < -0.4 is 20.1 Å². The summed E-state index contributed by atoms with van der Waals surface area (Å²) in [6.07, 6.45) is 1.19. The zero-order valence-corrected chi connectivity index (χ0v) is 16.5. The van der Waals surface area contributed by atoms with Gasteiger partial charge in [-0.15, -0.1) is 0 Å². The predicted octanol–water partition coefficient (Wildman–Crippen LogP) is 4.35. The van der Waals surface area contributed by atoms with Gasteiger partial charge in [0.15, 0.2) is 5.11 Å². The highest BCUT2D eigenvalue weighted by Crippen LogP contribution is 2.41. The zero-order chi connectivity index (χ0) is 19.4. The first-order chi connectivity index (χ1) is 12.9. The van der Waals surface area contributed by atoms with Crippen LogP contribution in [0.4, 0.5) is 5.69 Å². The third kappa shape index (κ3) is 4.69. The molecule has 0 spiro atoms. The van der Waals surface area contributed by atoms with Crippen molar-refractivity contribution in [2.24, 2.45) is 0 Å². The Hall–Kier alpha value is -2.78. The van der Waals surface area contributed by atoms with Gasteiger partial charge in [-0.1, -0.05) is 12.1 Å². The van der Waals surface area contributed by atoms with Gasteiger partial charge in [0.05, 0.1) is 25.6 Å². The van der Waals surface area contributed by atoms with Crippen molar-refractivity contribution >= 4 is 23.0 Å². The minimum Gasteiger partial charge on any atom is -0.497 e. The van der Waals surface area contributed by atoms with Gasteiger partial charge in [0.25, 0.3) is 0 Å².